The lowest BCUT2D eigenvalue weighted by molar-refractivity contribution is -0.151. The third-order valence-electron chi connectivity index (χ3n) is 5.23. The lowest BCUT2D eigenvalue weighted by Crippen LogP contribution is -2.41. The average Bonchev–Trinajstić information content (AvgIpc) is 2.84. The van der Waals surface area contributed by atoms with E-state index in [2.05, 4.69) is 6.58 Å². The third-order valence-corrected chi connectivity index (χ3v) is 5.23. The van der Waals surface area contributed by atoms with Crippen molar-refractivity contribution in [3.63, 3.8) is 0 Å². The molecule has 5 atom stereocenters. The quantitative estimate of drug-likeness (QED) is 0.443. The number of fused-ring (bicyclic) bond motifs is 1. The molecule has 0 aromatic carbocycles. The number of carbonyl (C=O) groups excluding carboxylic acids is 2. The van der Waals surface area contributed by atoms with Crippen LogP contribution in [0.5, 0.6) is 0 Å². The molecule has 26 heavy (non-hydrogen) atoms. The van der Waals surface area contributed by atoms with E-state index in [0.717, 1.165) is 0 Å². The van der Waals surface area contributed by atoms with E-state index < -0.39 is 41.8 Å². The van der Waals surface area contributed by atoms with Crippen molar-refractivity contribution >= 4 is 11.9 Å². The van der Waals surface area contributed by atoms with Gasteiger partial charge in [0.2, 0.25) is 0 Å². The molecule has 1 saturated heterocycles. The van der Waals surface area contributed by atoms with Gasteiger partial charge in [0.05, 0.1) is 17.6 Å². The molecule has 2 aliphatic rings. The lowest BCUT2D eigenvalue weighted by Gasteiger charge is -2.34. The van der Waals surface area contributed by atoms with Gasteiger partial charge < -0.3 is 19.7 Å². The van der Waals surface area contributed by atoms with Crippen LogP contribution in [0.1, 0.15) is 47.0 Å². The molecule has 0 amide bonds. The molecular formula is C20H28O6. The number of carbonyl (C=O) groups is 2. The number of allylic oxidation sites excluding steroid dienone is 1. The van der Waals surface area contributed by atoms with Crippen LogP contribution < -0.4 is 0 Å². The molecule has 1 heterocycles. The standard InChI is InChI=1S/C20H28O6/c1-6-11(2)18(22)26-16-10-20(5,24)8-7-14(21)12(3)9-15-17(16)13(4)19(23)25-15/h6,9,14-17,21,24H,4,7-8,10H2,1-3,5H3. The first kappa shape index (κ1) is 20.4. The van der Waals surface area contributed by atoms with Crippen molar-refractivity contribution in [1.82, 2.24) is 0 Å². The van der Waals surface area contributed by atoms with Crippen LogP contribution in [-0.2, 0) is 19.1 Å². The zero-order valence-corrected chi connectivity index (χ0v) is 15.8. The van der Waals surface area contributed by atoms with Gasteiger partial charge in [0.25, 0.3) is 0 Å². The summed E-state index contributed by atoms with van der Waals surface area (Å²) in [4.78, 5) is 24.4. The van der Waals surface area contributed by atoms with Crippen LogP contribution in [0.15, 0.2) is 35.5 Å². The second-order valence-corrected chi connectivity index (χ2v) is 7.50. The Morgan fingerprint density at radius 1 is 1.50 bits per heavy atom. The predicted molar refractivity (Wildman–Crippen MR) is 96.1 cm³/mol. The minimum absolute atomic E-state index is 0.117. The maximum Gasteiger partial charge on any atom is 0.334 e. The van der Waals surface area contributed by atoms with Crippen molar-refractivity contribution in [3.05, 3.63) is 35.5 Å². The molecule has 2 N–H and O–H groups in total. The Bertz CT molecular complexity index is 657. The van der Waals surface area contributed by atoms with E-state index >= 15 is 0 Å². The molecule has 5 unspecified atom stereocenters. The van der Waals surface area contributed by atoms with Gasteiger partial charge in [0.15, 0.2) is 0 Å². The summed E-state index contributed by atoms with van der Waals surface area (Å²) >= 11 is 0. The molecule has 2 rings (SSSR count). The summed E-state index contributed by atoms with van der Waals surface area (Å²) in [6.45, 7) is 10.6. The fraction of sp³-hybridized carbons (Fsp3) is 0.600. The topological polar surface area (TPSA) is 93.1 Å². The highest BCUT2D eigenvalue weighted by molar-refractivity contribution is 5.92. The van der Waals surface area contributed by atoms with Crippen molar-refractivity contribution in [1.29, 1.82) is 0 Å². The summed E-state index contributed by atoms with van der Waals surface area (Å²) in [6, 6.07) is 0. The SMILES string of the molecule is C=C1C(=O)OC2C=C(C)C(O)CCC(C)(O)CC(OC(=O)C(C)=CC)C12. The Labute approximate surface area is 154 Å². The highest BCUT2D eigenvalue weighted by Gasteiger charge is 2.47. The van der Waals surface area contributed by atoms with E-state index in [9.17, 15) is 19.8 Å². The molecule has 0 saturated carbocycles. The lowest BCUT2D eigenvalue weighted by atomic mass is 9.80. The van der Waals surface area contributed by atoms with Crippen LogP contribution in [0.2, 0.25) is 0 Å². The molecule has 1 aliphatic carbocycles. The van der Waals surface area contributed by atoms with Gasteiger partial charge in [-0.15, -0.1) is 0 Å². The number of aliphatic hydroxyl groups is 2. The first-order valence-electron chi connectivity index (χ1n) is 8.88. The minimum Gasteiger partial charge on any atom is -0.458 e. The Morgan fingerprint density at radius 2 is 2.15 bits per heavy atom. The van der Waals surface area contributed by atoms with Gasteiger partial charge in [-0.3, -0.25) is 0 Å². The maximum absolute atomic E-state index is 12.3. The molecule has 0 aromatic heterocycles. The summed E-state index contributed by atoms with van der Waals surface area (Å²) in [6.07, 6.45) is 1.94. The van der Waals surface area contributed by atoms with Gasteiger partial charge in [-0.25, -0.2) is 9.59 Å². The second-order valence-electron chi connectivity index (χ2n) is 7.50. The fourth-order valence-electron chi connectivity index (χ4n) is 3.35. The molecule has 0 aromatic rings. The summed E-state index contributed by atoms with van der Waals surface area (Å²) in [7, 11) is 0. The number of ether oxygens (including phenoxy) is 2. The third kappa shape index (κ3) is 4.43. The fourth-order valence-corrected chi connectivity index (χ4v) is 3.35. The summed E-state index contributed by atoms with van der Waals surface area (Å²) in [5.41, 5.74) is 0.121. The van der Waals surface area contributed by atoms with E-state index in [-0.39, 0.29) is 12.0 Å². The number of hydrogen-bond donors (Lipinski definition) is 2. The molecule has 0 radical (unpaired) electrons. The van der Waals surface area contributed by atoms with E-state index in [1.807, 2.05) is 0 Å². The molecule has 1 fully saturated rings. The zero-order chi connectivity index (χ0) is 19.6. The van der Waals surface area contributed by atoms with Crippen molar-refractivity contribution in [2.75, 3.05) is 0 Å². The second kappa shape index (κ2) is 7.76. The molecular weight excluding hydrogens is 336 g/mol. The van der Waals surface area contributed by atoms with Gasteiger partial charge in [0.1, 0.15) is 12.2 Å². The van der Waals surface area contributed by atoms with Gasteiger partial charge in [-0.1, -0.05) is 12.7 Å². The molecule has 144 valence electrons. The minimum atomic E-state index is -1.18. The highest BCUT2D eigenvalue weighted by atomic mass is 16.6. The first-order chi connectivity index (χ1) is 12.1. The number of rotatable bonds is 2. The van der Waals surface area contributed by atoms with Gasteiger partial charge in [-0.05, 0) is 52.2 Å². The maximum atomic E-state index is 12.3. The van der Waals surface area contributed by atoms with E-state index in [4.69, 9.17) is 9.47 Å². The Morgan fingerprint density at radius 3 is 2.77 bits per heavy atom. The number of esters is 2. The summed E-state index contributed by atoms with van der Waals surface area (Å²) < 4.78 is 11.0. The van der Waals surface area contributed by atoms with Crippen molar-refractivity contribution in [2.24, 2.45) is 5.92 Å². The Hall–Kier alpha value is -1.92. The normalized spacial score (nSPS) is 36.1. The van der Waals surface area contributed by atoms with Crippen LogP contribution in [0, 0.1) is 5.92 Å². The van der Waals surface area contributed by atoms with Crippen molar-refractivity contribution < 1.29 is 29.3 Å². The van der Waals surface area contributed by atoms with Crippen molar-refractivity contribution in [2.45, 2.75) is 70.9 Å². The number of aliphatic hydroxyl groups excluding tert-OH is 1. The highest BCUT2D eigenvalue weighted by Crippen LogP contribution is 2.38. The first-order valence-corrected chi connectivity index (χ1v) is 8.88. The Balaban J connectivity index is 2.45. The van der Waals surface area contributed by atoms with Crippen LogP contribution in [-0.4, -0.2) is 46.1 Å². The van der Waals surface area contributed by atoms with Gasteiger partial charge in [-0.2, -0.15) is 0 Å². The zero-order valence-electron chi connectivity index (χ0n) is 15.8. The molecule has 0 bridgehead atoms. The predicted octanol–water partition coefficient (Wildman–Crippen LogP) is 2.20. The molecule has 1 aliphatic heterocycles. The molecule has 6 heteroatoms. The van der Waals surface area contributed by atoms with Crippen LogP contribution >= 0.6 is 0 Å². The van der Waals surface area contributed by atoms with E-state index in [1.54, 1.807) is 39.8 Å². The monoisotopic (exact) mass is 364 g/mol. The largest absolute Gasteiger partial charge is 0.458 e. The molecule has 0 spiro atoms. The summed E-state index contributed by atoms with van der Waals surface area (Å²) in [5, 5.41) is 21.0. The number of hydrogen-bond acceptors (Lipinski definition) is 6. The van der Waals surface area contributed by atoms with E-state index in [0.29, 0.717) is 24.0 Å². The van der Waals surface area contributed by atoms with E-state index in [1.165, 1.54) is 0 Å². The van der Waals surface area contributed by atoms with Crippen molar-refractivity contribution in [3.8, 4) is 0 Å². The van der Waals surface area contributed by atoms with Crippen LogP contribution in [0.4, 0.5) is 0 Å². The van der Waals surface area contributed by atoms with Gasteiger partial charge >= 0.3 is 11.9 Å². The average molecular weight is 364 g/mol. The van der Waals surface area contributed by atoms with Crippen LogP contribution in [0.3, 0.4) is 0 Å². The van der Waals surface area contributed by atoms with Gasteiger partial charge in [0, 0.05) is 17.6 Å². The summed E-state index contributed by atoms with van der Waals surface area (Å²) in [5.74, 6) is -1.67. The Kier molecular flexibility index (Phi) is 6.09. The van der Waals surface area contributed by atoms with Crippen LogP contribution in [0.25, 0.3) is 0 Å². The smallest absolute Gasteiger partial charge is 0.334 e. The molecule has 6 nitrogen and oxygen atoms in total.